The van der Waals surface area contributed by atoms with Crippen LogP contribution in [0.1, 0.15) is 26.5 Å². The van der Waals surface area contributed by atoms with Gasteiger partial charge in [0, 0.05) is 53.9 Å². The monoisotopic (exact) mass is 457 g/mol. The number of carbonyl (C=O) groups excluding carboxylic acids is 2. The van der Waals surface area contributed by atoms with Crippen LogP contribution in [0.4, 0.5) is 4.39 Å². The first-order valence-corrected chi connectivity index (χ1v) is 11.5. The fourth-order valence-corrected chi connectivity index (χ4v) is 5.75. The average Bonchev–Trinajstić information content (AvgIpc) is 3.34. The lowest BCUT2D eigenvalue weighted by Crippen LogP contribution is -2.62. The number of likely N-dealkylation sites (tertiary alicyclic amines) is 2. The molecule has 0 aliphatic carbocycles. The zero-order valence-corrected chi connectivity index (χ0v) is 18.3. The van der Waals surface area contributed by atoms with Crippen LogP contribution < -0.4 is 5.32 Å². The maximum atomic E-state index is 13.5. The SMILES string of the molecule is O=C(c1ccccc1)N1CC[C@H](NC2CN(C(=O)c3sc4cc(F)ccc4c3Cl)C2)C1. The molecule has 3 aromatic rings. The first kappa shape index (κ1) is 20.4. The first-order chi connectivity index (χ1) is 15.0. The van der Waals surface area contributed by atoms with Crippen LogP contribution in [0.15, 0.2) is 48.5 Å². The summed E-state index contributed by atoms with van der Waals surface area (Å²) in [5, 5.41) is 4.67. The van der Waals surface area contributed by atoms with Gasteiger partial charge in [0.25, 0.3) is 11.8 Å². The van der Waals surface area contributed by atoms with Gasteiger partial charge in [-0.2, -0.15) is 0 Å². The number of thiophene rings is 1. The van der Waals surface area contributed by atoms with Crippen LogP contribution in [0, 0.1) is 5.82 Å². The summed E-state index contributed by atoms with van der Waals surface area (Å²) in [6.07, 6.45) is 0.900. The van der Waals surface area contributed by atoms with Gasteiger partial charge >= 0.3 is 0 Å². The summed E-state index contributed by atoms with van der Waals surface area (Å²) < 4.78 is 14.1. The van der Waals surface area contributed by atoms with Crippen LogP contribution in [-0.4, -0.2) is 59.9 Å². The van der Waals surface area contributed by atoms with Crippen LogP contribution in [-0.2, 0) is 0 Å². The first-order valence-electron chi connectivity index (χ1n) is 10.3. The summed E-state index contributed by atoms with van der Waals surface area (Å²) >= 11 is 7.62. The molecule has 0 unspecified atom stereocenters. The lowest BCUT2D eigenvalue weighted by molar-refractivity contribution is 0.0558. The largest absolute Gasteiger partial charge is 0.337 e. The van der Waals surface area contributed by atoms with E-state index >= 15 is 0 Å². The lowest BCUT2D eigenvalue weighted by atomic mass is 10.1. The summed E-state index contributed by atoms with van der Waals surface area (Å²) in [5.41, 5.74) is 0.712. The second-order valence-corrected chi connectivity index (χ2v) is 9.49. The molecule has 1 aromatic heterocycles. The van der Waals surface area contributed by atoms with Crippen molar-refractivity contribution < 1.29 is 14.0 Å². The van der Waals surface area contributed by atoms with Gasteiger partial charge in [-0.1, -0.05) is 29.8 Å². The highest BCUT2D eigenvalue weighted by Crippen LogP contribution is 2.37. The molecule has 2 amide bonds. The smallest absolute Gasteiger partial charge is 0.265 e. The fourth-order valence-electron chi connectivity index (χ4n) is 4.25. The second-order valence-electron chi connectivity index (χ2n) is 8.06. The van der Waals surface area contributed by atoms with Crippen LogP contribution >= 0.6 is 22.9 Å². The molecule has 2 saturated heterocycles. The van der Waals surface area contributed by atoms with Crippen molar-refractivity contribution in [2.75, 3.05) is 26.2 Å². The van der Waals surface area contributed by atoms with E-state index in [9.17, 15) is 14.0 Å². The summed E-state index contributed by atoms with van der Waals surface area (Å²) in [4.78, 5) is 29.6. The summed E-state index contributed by atoms with van der Waals surface area (Å²) in [6, 6.07) is 14.1. The second kappa shape index (κ2) is 8.22. The van der Waals surface area contributed by atoms with E-state index in [4.69, 9.17) is 11.6 Å². The van der Waals surface area contributed by atoms with E-state index in [-0.39, 0.29) is 29.7 Å². The van der Waals surface area contributed by atoms with Crippen molar-refractivity contribution in [2.45, 2.75) is 18.5 Å². The highest BCUT2D eigenvalue weighted by atomic mass is 35.5. The van der Waals surface area contributed by atoms with Crippen LogP contribution in [0.25, 0.3) is 10.1 Å². The highest BCUT2D eigenvalue weighted by Gasteiger charge is 2.36. The van der Waals surface area contributed by atoms with Gasteiger partial charge in [-0.15, -0.1) is 11.3 Å². The molecule has 2 fully saturated rings. The van der Waals surface area contributed by atoms with E-state index in [1.807, 2.05) is 35.2 Å². The van der Waals surface area contributed by atoms with Crippen LogP contribution in [0.3, 0.4) is 0 Å². The predicted molar refractivity (Wildman–Crippen MR) is 120 cm³/mol. The van der Waals surface area contributed by atoms with Gasteiger partial charge in [0.15, 0.2) is 0 Å². The number of rotatable bonds is 4. The Balaban J connectivity index is 1.15. The summed E-state index contributed by atoms with van der Waals surface area (Å²) in [5.74, 6) is -0.392. The van der Waals surface area contributed by atoms with Gasteiger partial charge in [-0.25, -0.2) is 4.39 Å². The van der Waals surface area contributed by atoms with Crippen molar-refractivity contribution in [1.82, 2.24) is 15.1 Å². The van der Waals surface area contributed by atoms with Crippen LogP contribution in [0.5, 0.6) is 0 Å². The van der Waals surface area contributed by atoms with Gasteiger partial charge in [-0.3, -0.25) is 9.59 Å². The minimum absolute atomic E-state index is 0.0613. The van der Waals surface area contributed by atoms with Crippen molar-refractivity contribution in [3.8, 4) is 0 Å². The van der Waals surface area contributed by atoms with Crippen LogP contribution in [0.2, 0.25) is 5.02 Å². The van der Waals surface area contributed by atoms with E-state index in [1.54, 1.807) is 11.0 Å². The molecule has 1 atom stereocenters. The quantitative estimate of drug-likeness (QED) is 0.643. The van der Waals surface area contributed by atoms with E-state index < -0.39 is 0 Å². The van der Waals surface area contributed by atoms with Gasteiger partial charge < -0.3 is 15.1 Å². The molecule has 1 N–H and O–H groups in total. The molecule has 5 rings (SSSR count). The third-order valence-corrected chi connectivity index (χ3v) is 7.57. The number of hydrogen-bond acceptors (Lipinski definition) is 4. The highest BCUT2D eigenvalue weighted by molar-refractivity contribution is 7.21. The number of benzene rings is 2. The normalized spacial score (nSPS) is 19.1. The number of halogens is 2. The summed E-state index contributed by atoms with van der Waals surface area (Å²) in [6.45, 7) is 2.60. The Bertz CT molecular complexity index is 1150. The van der Waals surface area contributed by atoms with Crippen molar-refractivity contribution in [3.05, 3.63) is 69.8 Å². The molecule has 0 radical (unpaired) electrons. The van der Waals surface area contributed by atoms with Gasteiger partial charge in [0.05, 0.1) is 5.02 Å². The Morgan fingerprint density at radius 3 is 2.52 bits per heavy atom. The number of amides is 2. The molecule has 0 bridgehead atoms. The maximum absolute atomic E-state index is 13.5. The number of fused-ring (bicyclic) bond motifs is 1. The molecule has 31 heavy (non-hydrogen) atoms. The number of nitrogens with zero attached hydrogens (tertiary/aromatic N) is 2. The Labute approximate surface area is 188 Å². The molecule has 2 aromatic carbocycles. The number of carbonyl (C=O) groups is 2. The molecule has 0 spiro atoms. The minimum atomic E-state index is -0.339. The topological polar surface area (TPSA) is 52.7 Å². The van der Waals surface area contributed by atoms with Crippen molar-refractivity contribution in [2.24, 2.45) is 0 Å². The van der Waals surface area contributed by atoms with E-state index in [1.165, 1.54) is 23.5 Å². The molecular weight excluding hydrogens is 437 g/mol. The van der Waals surface area contributed by atoms with Crippen molar-refractivity contribution in [1.29, 1.82) is 0 Å². The third-order valence-electron chi connectivity index (χ3n) is 5.92. The zero-order chi connectivity index (χ0) is 21.5. The molecule has 3 heterocycles. The lowest BCUT2D eigenvalue weighted by Gasteiger charge is -2.41. The Morgan fingerprint density at radius 2 is 1.74 bits per heavy atom. The van der Waals surface area contributed by atoms with Gasteiger partial charge in [-0.05, 0) is 36.8 Å². The van der Waals surface area contributed by atoms with E-state index in [0.29, 0.717) is 45.2 Å². The van der Waals surface area contributed by atoms with Crippen molar-refractivity contribution >= 4 is 44.8 Å². The maximum Gasteiger partial charge on any atom is 0.265 e. The minimum Gasteiger partial charge on any atom is -0.337 e. The molecule has 160 valence electrons. The molecular formula is C23H21ClFN3O2S. The third kappa shape index (κ3) is 3.93. The fraction of sp³-hybridized carbons (Fsp3) is 0.304. The Hall–Kier alpha value is -2.48. The van der Waals surface area contributed by atoms with E-state index in [0.717, 1.165) is 13.0 Å². The molecule has 2 aliphatic heterocycles. The Morgan fingerprint density at radius 1 is 1.00 bits per heavy atom. The average molecular weight is 458 g/mol. The molecule has 0 saturated carbocycles. The standard InChI is InChI=1S/C23H21ClFN3O2S/c24-20-18-7-6-15(25)10-19(18)31-21(20)23(30)28-12-17(13-28)26-16-8-9-27(11-16)22(29)14-4-2-1-3-5-14/h1-7,10,16-17,26H,8-9,11-13H2/t16-/m0/s1. The number of nitrogens with one attached hydrogen (secondary N) is 1. The van der Waals surface area contributed by atoms with Gasteiger partial charge in [0.1, 0.15) is 10.7 Å². The van der Waals surface area contributed by atoms with Crippen molar-refractivity contribution in [3.63, 3.8) is 0 Å². The molecule has 5 nitrogen and oxygen atoms in total. The number of hydrogen-bond donors (Lipinski definition) is 1. The molecule has 8 heteroatoms. The predicted octanol–water partition coefficient (Wildman–Crippen LogP) is 4.02. The zero-order valence-electron chi connectivity index (χ0n) is 16.7. The summed E-state index contributed by atoms with van der Waals surface area (Å²) in [7, 11) is 0. The Kier molecular flexibility index (Phi) is 5.42. The molecule has 2 aliphatic rings. The van der Waals surface area contributed by atoms with Gasteiger partial charge in [0.2, 0.25) is 0 Å². The van der Waals surface area contributed by atoms with E-state index in [2.05, 4.69) is 5.32 Å².